The molecule has 5 aromatic carbocycles. The zero-order valence-corrected chi connectivity index (χ0v) is 66.4. The van der Waals surface area contributed by atoms with E-state index in [0.29, 0.717) is 104 Å². The summed E-state index contributed by atoms with van der Waals surface area (Å²) < 4.78 is 71.7. The van der Waals surface area contributed by atoms with E-state index < -0.39 is 0 Å². The zero-order chi connectivity index (χ0) is 67.5. The Morgan fingerprint density at radius 1 is 0.473 bits per heavy atom. The molecule has 6 rings (SSSR count). The first-order valence-corrected chi connectivity index (χ1v) is 26.6. The molecule has 0 aliphatic heterocycles. The molecule has 5 aromatic rings. The number of Topliss-reactive ketones (excluding diaryl/α,β-unsaturated/α-hetero) is 1. The van der Waals surface area contributed by atoms with E-state index in [-0.39, 0.29) is 216 Å². The maximum absolute atomic E-state index is 11.5. The number of aromatic hydroxyl groups is 2. The first kappa shape index (κ1) is 99.4. The topological polar surface area (TPSA) is 308 Å². The second kappa shape index (κ2) is 53.5. The van der Waals surface area contributed by atoms with Gasteiger partial charge in [-0.2, -0.15) is 0 Å². The Labute approximate surface area is 667 Å². The predicted molar refractivity (Wildman–Crippen MR) is 341 cm³/mol. The number of hydrogen-bond acceptors (Lipinski definition) is 24. The van der Waals surface area contributed by atoms with Crippen molar-refractivity contribution in [3.05, 3.63) is 109 Å². The molecule has 0 spiro atoms. The van der Waals surface area contributed by atoms with Crippen LogP contribution in [0.15, 0.2) is 59.4 Å². The fraction of sp³-hybridized carbons (Fsp3) is 0.381. The number of aliphatic hydroxyl groups is 1. The maximum Gasteiger partial charge on any atom is 1.00 e. The first-order valence-electron chi connectivity index (χ1n) is 25.6. The van der Waals surface area contributed by atoms with Crippen LogP contribution in [0.5, 0.6) is 86.2 Å². The molecule has 1 aliphatic rings. The summed E-state index contributed by atoms with van der Waals surface area (Å²) in [6, 6.07) is 9.96. The van der Waals surface area contributed by atoms with Crippen LogP contribution in [-0.2, 0) is 36.5 Å². The average molecular weight is 1410 g/mol. The number of aldehydes is 2. The quantitative estimate of drug-likeness (QED) is 0.0239. The molecule has 3 N–H and O–H groups in total. The molecule has 0 atom stereocenters. The number of halogens is 2. The smallest absolute Gasteiger partial charge is 1.00 e. The molecule has 30 heteroatoms. The molecule has 0 bridgehead atoms. The van der Waals surface area contributed by atoms with Crippen molar-refractivity contribution in [2.75, 3.05) is 105 Å². The number of carbonyl (C=O) groups excluding carboxylic acids is 5. The number of methoxy groups -OCH3 is 14. The number of hydrogen-bond donors (Lipinski definition) is 3. The predicted octanol–water partition coefficient (Wildman–Crippen LogP) is 0.505. The van der Waals surface area contributed by atoms with E-state index in [1.807, 2.05) is 33.8 Å². The van der Waals surface area contributed by atoms with E-state index in [1.54, 1.807) is 95.0 Å². The summed E-state index contributed by atoms with van der Waals surface area (Å²) in [5.74, 6) is 7.42. The molecule has 0 saturated heterocycles. The summed E-state index contributed by atoms with van der Waals surface area (Å²) in [6.45, 7) is 10.5. The van der Waals surface area contributed by atoms with E-state index in [9.17, 15) is 34.5 Å². The standard InChI is InChI=1S/C11H15ClO3.C11H16O4.C11H14O4.C10H12O4.C9H9ClO3.C9H12O3.CH2O3.CH4.B.2K.Na.2H/c3*1-7-9(13-2)5-8(6-12)11(15-4)10(7)14-3;1-6-8(13-2)4-7(5-11)9(12)10(6)14-3;1-5-7(11)3-6(4-10)8(12)9(5)13-2;1-6-8(11-2)5-4-7(10)9(6)12-3;2-1-4-3;;;;;;;/h5H,6H2,1-4H3;5,12H,6H2,1-4H3;5-6H,1-4H3;4-5,12H,1-3H3;3H,4H2,1-2H3;4-5,10H,1-3H3;1,3H;1H4;;;;;;/q;;;;;;;;;3*+1;2*-1/p-1. The van der Waals surface area contributed by atoms with Crippen LogP contribution >= 0.6 is 23.2 Å². The van der Waals surface area contributed by atoms with Crippen molar-refractivity contribution in [3.63, 3.8) is 0 Å². The fourth-order valence-corrected chi connectivity index (χ4v) is 8.51. The van der Waals surface area contributed by atoms with Crippen molar-refractivity contribution in [1.82, 2.24) is 0 Å². The minimum Gasteiger partial charge on any atom is -1.00 e. The monoisotopic (exact) mass is 1410 g/mol. The molecule has 93 heavy (non-hydrogen) atoms. The molecule has 3 radical (unpaired) electrons. The fourth-order valence-electron chi connectivity index (χ4n) is 8.12. The van der Waals surface area contributed by atoms with E-state index in [1.165, 1.54) is 54.8 Å². The number of carbonyl (C=O) groups is 5. The summed E-state index contributed by atoms with van der Waals surface area (Å²) in [7, 11) is 21.4. The van der Waals surface area contributed by atoms with Gasteiger partial charge in [0.15, 0.2) is 81.6 Å². The second-order valence-corrected chi connectivity index (χ2v) is 17.7. The van der Waals surface area contributed by atoms with Gasteiger partial charge >= 0.3 is 132 Å². The van der Waals surface area contributed by atoms with Gasteiger partial charge in [0.05, 0.1) is 129 Å². The molecular weight excluding hydrogens is 1320 g/mol. The Morgan fingerprint density at radius 3 is 1.15 bits per heavy atom. The summed E-state index contributed by atoms with van der Waals surface area (Å²) >= 11 is 11.3. The van der Waals surface area contributed by atoms with Crippen molar-refractivity contribution in [2.45, 2.75) is 61.5 Å². The van der Waals surface area contributed by atoms with Crippen LogP contribution in [0.2, 0.25) is 0 Å². The minimum atomic E-state index is -0.297. The molecule has 0 saturated carbocycles. The average Bonchev–Trinajstić information content (AvgIpc) is 0.881. The van der Waals surface area contributed by atoms with Gasteiger partial charge in [-0.1, -0.05) is 7.43 Å². The van der Waals surface area contributed by atoms with Crippen LogP contribution in [-0.4, -0.2) is 160 Å². The van der Waals surface area contributed by atoms with Gasteiger partial charge < -0.3 is 94.6 Å². The Kier molecular flexibility index (Phi) is 57.2. The van der Waals surface area contributed by atoms with E-state index in [2.05, 4.69) is 4.89 Å². The molecule has 0 aromatic heterocycles. The molecular formula is C63H85BCl2K2NaO24. The van der Waals surface area contributed by atoms with Crippen LogP contribution in [0.3, 0.4) is 0 Å². The van der Waals surface area contributed by atoms with Crippen LogP contribution in [0, 0.1) is 34.6 Å². The number of alkyl halides is 2. The van der Waals surface area contributed by atoms with Crippen LogP contribution in [0.4, 0.5) is 0 Å². The number of phenolic OH excluding ortho intramolecular Hbond substituents is 2. The van der Waals surface area contributed by atoms with Crippen molar-refractivity contribution < 1.29 is 251 Å². The number of phenols is 2. The molecule has 0 heterocycles. The van der Waals surface area contributed by atoms with Crippen LogP contribution in [0.1, 0.15) is 76.9 Å². The minimum absolute atomic E-state index is 0. The summed E-state index contributed by atoms with van der Waals surface area (Å²) in [5, 5.41) is 36.5. The summed E-state index contributed by atoms with van der Waals surface area (Å²) in [6.07, 6.45) is 2.52. The number of rotatable bonds is 20. The second-order valence-electron chi connectivity index (χ2n) is 17.2. The maximum atomic E-state index is 11.5. The Balaban J connectivity index is -0.000000155. The molecule has 0 unspecified atom stereocenters. The van der Waals surface area contributed by atoms with Gasteiger partial charge in [0.2, 0.25) is 5.78 Å². The molecule has 1 aliphatic carbocycles. The Hall–Kier alpha value is -4.63. The van der Waals surface area contributed by atoms with Gasteiger partial charge in [-0.15, -0.1) is 23.2 Å². The van der Waals surface area contributed by atoms with Crippen molar-refractivity contribution in [2.24, 2.45) is 0 Å². The van der Waals surface area contributed by atoms with Crippen LogP contribution in [0.25, 0.3) is 0 Å². The first-order chi connectivity index (χ1) is 41.9. The van der Waals surface area contributed by atoms with Crippen molar-refractivity contribution in [1.29, 1.82) is 0 Å². The van der Waals surface area contributed by atoms with Gasteiger partial charge in [0, 0.05) is 58.5 Å². The number of ether oxygens (including phenoxy) is 14. The third-order valence-corrected chi connectivity index (χ3v) is 13.1. The summed E-state index contributed by atoms with van der Waals surface area (Å²) in [4.78, 5) is 55.4. The van der Waals surface area contributed by atoms with Crippen molar-refractivity contribution >= 4 is 62.2 Å². The van der Waals surface area contributed by atoms with E-state index >= 15 is 0 Å². The largest absolute Gasteiger partial charge is 1.00 e. The van der Waals surface area contributed by atoms with Gasteiger partial charge in [0.1, 0.15) is 28.7 Å². The zero-order valence-electron chi connectivity index (χ0n) is 58.6. The summed E-state index contributed by atoms with van der Waals surface area (Å²) in [5.41, 5.74) is 6.74. The van der Waals surface area contributed by atoms with E-state index in [0.717, 1.165) is 33.6 Å². The SMILES string of the molecule is C.COC1=C(C)C(=O)C=C(CCl)C1=O.COc1cc(C=O)c(O)c(OC)c1C.COc1cc(C=O)c(OC)c(OC)c1C.COc1cc(CCl)c(OC)c(OC)c1C.COc1cc(CO)c(OC)c(OC)c1C.COc1ccc(O)c(OC)c1C.O=CO[O-].[B].[H-].[H-].[K+].[K+].[Na+]. The Bertz CT molecular complexity index is 3150. The van der Waals surface area contributed by atoms with Gasteiger partial charge in [0.25, 0.3) is 6.47 Å². The third-order valence-electron chi connectivity index (χ3n) is 12.5. The van der Waals surface area contributed by atoms with Gasteiger partial charge in [-0.3, -0.25) is 24.0 Å². The molecule has 501 valence electrons. The molecule has 0 amide bonds. The molecule has 24 nitrogen and oxygen atoms in total. The number of aliphatic hydroxyl groups excluding tert-OH is 1. The van der Waals surface area contributed by atoms with Gasteiger partial charge in [-0.25, -0.2) is 0 Å². The molecule has 0 fully saturated rings. The van der Waals surface area contributed by atoms with Gasteiger partial charge in [-0.05, 0) is 84.0 Å². The number of allylic oxidation sites excluding steroid dienone is 3. The third kappa shape index (κ3) is 27.8. The van der Waals surface area contributed by atoms with E-state index in [4.69, 9.17) is 99.6 Å². The van der Waals surface area contributed by atoms with Crippen molar-refractivity contribution in [3.8, 4) is 86.2 Å². The number of benzene rings is 5. The Morgan fingerprint density at radius 2 is 0.817 bits per heavy atom. The van der Waals surface area contributed by atoms with Crippen LogP contribution < -0.4 is 199 Å². The normalized spacial score (nSPS) is 10.1. The number of ketones is 2.